The molecule has 0 N–H and O–H groups in total. The Morgan fingerprint density at radius 2 is 1.06 bits per heavy atom. The summed E-state index contributed by atoms with van der Waals surface area (Å²) in [7, 11) is 1.29. The van der Waals surface area contributed by atoms with Crippen molar-refractivity contribution in [2.45, 2.75) is 13.8 Å². The molecule has 0 atom stereocenters. The zero-order chi connectivity index (χ0) is 26.4. The van der Waals surface area contributed by atoms with Gasteiger partial charge in [-0.05, 0) is 78.8 Å². The summed E-state index contributed by atoms with van der Waals surface area (Å²) in [4.78, 5) is 70.9. The van der Waals surface area contributed by atoms with E-state index in [1.807, 2.05) is 0 Å². The number of hydrogen-bond acceptors (Lipinski definition) is 11. The molecule has 0 aliphatic carbocycles. The van der Waals surface area contributed by atoms with Gasteiger partial charge in [0.1, 0.15) is 11.3 Å². The predicted octanol–water partition coefficient (Wildman–Crippen LogP) is 5.33. The molecule has 3 aromatic rings. The van der Waals surface area contributed by atoms with Gasteiger partial charge < -0.3 is 14.2 Å². The first-order chi connectivity index (χ1) is 17.2. The minimum atomic E-state index is -0.983. The minimum Gasteiger partial charge on any atom is -0.496 e. The third-order valence-electron chi connectivity index (χ3n) is 4.99. The molecule has 0 heterocycles. The number of benzene rings is 3. The highest BCUT2D eigenvalue weighted by Crippen LogP contribution is 2.32. The monoisotopic (exact) mass is 490 g/mol. The molecule has 182 valence electrons. The second kappa shape index (κ2) is 10.9. The van der Waals surface area contributed by atoms with E-state index in [1.165, 1.54) is 69.5 Å². The van der Waals surface area contributed by atoms with Gasteiger partial charge in [-0.2, -0.15) is 0 Å². The molecule has 0 amide bonds. The lowest BCUT2D eigenvalue weighted by molar-refractivity contribution is 0.0731. The Morgan fingerprint density at radius 1 is 0.611 bits per heavy atom. The number of hydrogen-bond donors (Lipinski definition) is 0. The SMILES string of the molecule is COc1ccc(C(=O)Oc2ccc(C(C)=O)cc2N=O)cc1C(=O)Oc1ccc(C(C)=O)cc1N=O. The first kappa shape index (κ1) is 25.6. The van der Waals surface area contributed by atoms with Crippen LogP contribution in [0.4, 0.5) is 11.4 Å². The normalized spacial score (nSPS) is 10.2. The number of Topliss-reactive ketones (excluding diaryl/α,β-unsaturated/α-hetero) is 2. The third kappa shape index (κ3) is 5.53. The molecule has 11 heteroatoms. The third-order valence-corrected chi connectivity index (χ3v) is 4.99. The fourth-order valence-electron chi connectivity index (χ4n) is 3.10. The summed E-state index contributed by atoms with van der Waals surface area (Å²) in [6.45, 7) is 2.61. The molecule has 0 saturated carbocycles. The topological polar surface area (TPSA) is 155 Å². The van der Waals surface area contributed by atoms with E-state index >= 15 is 0 Å². The summed E-state index contributed by atoms with van der Waals surface area (Å²) in [5.74, 6) is -2.88. The molecule has 0 saturated heterocycles. The summed E-state index contributed by atoms with van der Waals surface area (Å²) in [6, 6.07) is 11.4. The Kier molecular flexibility index (Phi) is 7.75. The molecule has 0 aliphatic heterocycles. The number of nitroso groups, excluding NO2 is 2. The van der Waals surface area contributed by atoms with Crippen LogP contribution in [0.2, 0.25) is 0 Å². The van der Waals surface area contributed by atoms with E-state index in [0.717, 1.165) is 6.07 Å². The van der Waals surface area contributed by atoms with Gasteiger partial charge in [0, 0.05) is 11.1 Å². The van der Waals surface area contributed by atoms with Gasteiger partial charge in [0.05, 0.1) is 12.7 Å². The largest absolute Gasteiger partial charge is 0.496 e. The van der Waals surface area contributed by atoms with E-state index in [2.05, 4.69) is 10.4 Å². The molecule has 11 nitrogen and oxygen atoms in total. The van der Waals surface area contributed by atoms with Gasteiger partial charge in [-0.1, -0.05) is 0 Å². The zero-order valence-corrected chi connectivity index (χ0v) is 19.3. The fraction of sp³-hybridized carbons (Fsp3) is 0.120. The zero-order valence-electron chi connectivity index (χ0n) is 19.3. The molecular weight excluding hydrogens is 472 g/mol. The Hall–Kier alpha value is -5.06. The van der Waals surface area contributed by atoms with Crippen molar-refractivity contribution < 1.29 is 33.4 Å². The van der Waals surface area contributed by atoms with Crippen LogP contribution >= 0.6 is 0 Å². The Bertz CT molecular complexity index is 1410. The maximum atomic E-state index is 12.9. The van der Waals surface area contributed by atoms with Gasteiger partial charge in [0.2, 0.25) is 0 Å². The first-order valence-electron chi connectivity index (χ1n) is 10.3. The molecule has 0 unspecified atom stereocenters. The van der Waals surface area contributed by atoms with Gasteiger partial charge in [-0.15, -0.1) is 9.81 Å². The smallest absolute Gasteiger partial charge is 0.347 e. The standard InChI is InChI=1S/C25H18N2O9/c1-13(28)15-4-8-22(19(11-15)26-32)35-24(30)17-6-7-21(34-3)18(10-17)25(31)36-23-9-5-16(14(2)29)12-20(23)27-33/h4-12H,1-3H3. The van der Waals surface area contributed by atoms with Gasteiger partial charge >= 0.3 is 11.9 Å². The highest BCUT2D eigenvalue weighted by molar-refractivity contribution is 6.00. The molecule has 3 aromatic carbocycles. The molecule has 0 bridgehead atoms. The summed E-state index contributed by atoms with van der Waals surface area (Å²) in [5, 5.41) is 5.57. The number of esters is 2. The van der Waals surface area contributed by atoms with E-state index in [-0.39, 0.29) is 62.4 Å². The molecule has 0 fully saturated rings. The highest BCUT2D eigenvalue weighted by atomic mass is 16.5. The number of carbonyl (C=O) groups excluding carboxylic acids is 4. The van der Waals surface area contributed by atoms with Gasteiger partial charge in [0.25, 0.3) is 0 Å². The van der Waals surface area contributed by atoms with Crippen molar-refractivity contribution >= 4 is 34.9 Å². The van der Waals surface area contributed by atoms with Crippen LogP contribution in [0.15, 0.2) is 65.0 Å². The summed E-state index contributed by atoms with van der Waals surface area (Å²) in [5.41, 5.74) is -0.400. The van der Waals surface area contributed by atoms with Crippen molar-refractivity contribution in [3.8, 4) is 17.2 Å². The predicted molar refractivity (Wildman–Crippen MR) is 127 cm³/mol. The number of ketones is 2. The van der Waals surface area contributed by atoms with Gasteiger partial charge in [-0.25, -0.2) is 9.59 Å². The van der Waals surface area contributed by atoms with Crippen LogP contribution in [-0.4, -0.2) is 30.6 Å². The molecule has 0 radical (unpaired) electrons. The van der Waals surface area contributed by atoms with Crippen molar-refractivity contribution in [1.29, 1.82) is 0 Å². The van der Waals surface area contributed by atoms with E-state index in [9.17, 15) is 29.0 Å². The Balaban J connectivity index is 1.90. The quantitative estimate of drug-likeness (QED) is 0.167. The van der Waals surface area contributed by atoms with Crippen molar-refractivity contribution in [1.82, 2.24) is 0 Å². The van der Waals surface area contributed by atoms with Crippen molar-refractivity contribution in [2.75, 3.05) is 7.11 Å². The Morgan fingerprint density at radius 3 is 1.50 bits per heavy atom. The highest BCUT2D eigenvalue weighted by Gasteiger charge is 2.22. The average Bonchev–Trinajstić information content (AvgIpc) is 2.88. The van der Waals surface area contributed by atoms with Crippen molar-refractivity contribution in [3.05, 3.63) is 86.7 Å². The molecule has 0 aromatic heterocycles. The van der Waals surface area contributed by atoms with E-state index in [0.29, 0.717) is 0 Å². The van der Waals surface area contributed by atoms with Crippen LogP contribution in [0.1, 0.15) is 55.3 Å². The van der Waals surface area contributed by atoms with Crippen LogP contribution in [0.3, 0.4) is 0 Å². The number of nitrogens with zero attached hydrogens (tertiary/aromatic N) is 2. The van der Waals surface area contributed by atoms with Gasteiger partial charge in [0.15, 0.2) is 34.4 Å². The second-order valence-corrected chi connectivity index (χ2v) is 7.35. The van der Waals surface area contributed by atoms with Crippen LogP contribution in [0, 0.1) is 9.81 Å². The van der Waals surface area contributed by atoms with Crippen LogP contribution in [0.25, 0.3) is 0 Å². The van der Waals surface area contributed by atoms with Crippen LogP contribution in [0.5, 0.6) is 17.2 Å². The second-order valence-electron chi connectivity index (χ2n) is 7.35. The van der Waals surface area contributed by atoms with Crippen LogP contribution < -0.4 is 14.2 Å². The van der Waals surface area contributed by atoms with Crippen molar-refractivity contribution in [3.63, 3.8) is 0 Å². The molecule has 0 aliphatic rings. The number of carbonyl (C=O) groups is 4. The molecule has 3 rings (SSSR count). The lowest BCUT2D eigenvalue weighted by Crippen LogP contribution is -2.14. The minimum absolute atomic E-state index is 0.0542. The molecule has 0 spiro atoms. The molecule has 36 heavy (non-hydrogen) atoms. The van der Waals surface area contributed by atoms with Gasteiger partial charge in [-0.3, -0.25) is 9.59 Å². The van der Waals surface area contributed by atoms with Crippen LogP contribution in [-0.2, 0) is 0 Å². The summed E-state index contributed by atoms with van der Waals surface area (Å²) >= 11 is 0. The number of ether oxygens (including phenoxy) is 3. The number of rotatable bonds is 9. The maximum absolute atomic E-state index is 12.9. The number of methoxy groups -OCH3 is 1. The fourth-order valence-corrected chi connectivity index (χ4v) is 3.10. The van der Waals surface area contributed by atoms with Crippen molar-refractivity contribution in [2.24, 2.45) is 10.4 Å². The maximum Gasteiger partial charge on any atom is 0.347 e. The lowest BCUT2D eigenvalue weighted by Gasteiger charge is -2.12. The Labute approximate surface area is 203 Å². The van der Waals surface area contributed by atoms with E-state index in [4.69, 9.17) is 14.2 Å². The lowest BCUT2D eigenvalue weighted by atomic mass is 10.1. The van der Waals surface area contributed by atoms with E-state index in [1.54, 1.807) is 0 Å². The average molecular weight is 490 g/mol. The van der Waals surface area contributed by atoms with E-state index < -0.39 is 11.9 Å². The summed E-state index contributed by atoms with van der Waals surface area (Å²) < 4.78 is 15.7. The molecular formula is C25H18N2O9. The summed E-state index contributed by atoms with van der Waals surface area (Å²) in [6.07, 6.45) is 0. The first-order valence-corrected chi connectivity index (χ1v) is 10.3.